The minimum atomic E-state index is 0.454. The van der Waals surface area contributed by atoms with Crippen LogP contribution < -0.4 is 5.73 Å². The van der Waals surface area contributed by atoms with Crippen LogP contribution in [0.4, 0.5) is 0 Å². The van der Waals surface area contributed by atoms with E-state index in [1.54, 1.807) is 0 Å². The van der Waals surface area contributed by atoms with Crippen molar-refractivity contribution in [2.75, 3.05) is 52.4 Å². The quantitative estimate of drug-likeness (QED) is 0.801. The van der Waals surface area contributed by atoms with Gasteiger partial charge in [0.2, 0.25) is 0 Å². The van der Waals surface area contributed by atoms with Crippen LogP contribution in [0.5, 0.6) is 0 Å². The zero-order valence-electron chi connectivity index (χ0n) is 12.9. The molecule has 1 unspecified atom stereocenters. The van der Waals surface area contributed by atoms with Gasteiger partial charge in [-0.15, -0.1) is 0 Å². The van der Waals surface area contributed by atoms with Gasteiger partial charge in [0.25, 0.3) is 0 Å². The second-order valence-corrected chi connectivity index (χ2v) is 6.31. The molecule has 2 N–H and O–H groups in total. The summed E-state index contributed by atoms with van der Waals surface area (Å²) in [6, 6.07) is 1.21. The lowest BCUT2D eigenvalue weighted by molar-refractivity contribution is 0.0885. The maximum Gasteiger partial charge on any atom is 0.0113 e. The van der Waals surface area contributed by atoms with Crippen molar-refractivity contribution in [3.63, 3.8) is 0 Å². The molecule has 0 aromatic heterocycles. The number of piperidine rings is 1. The number of nitrogens with zero attached hydrogens (tertiary/aromatic N) is 3. The van der Waals surface area contributed by atoms with E-state index in [9.17, 15) is 0 Å². The molecule has 2 saturated heterocycles. The highest BCUT2D eigenvalue weighted by atomic mass is 15.3. The van der Waals surface area contributed by atoms with Crippen molar-refractivity contribution in [3.8, 4) is 0 Å². The van der Waals surface area contributed by atoms with Crippen LogP contribution in [0, 0.1) is 0 Å². The Hall–Kier alpha value is -0.160. The van der Waals surface area contributed by atoms with Crippen LogP contribution >= 0.6 is 0 Å². The van der Waals surface area contributed by atoms with Gasteiger partial charge < -0.3 is 10.6 Å². The van der Waals surface area contributed by atoms with Gasteiger partial charge in [-0.25, -0.2) is 0 Å². The Balaban J connectivity index is 1.60. The molecule has 0 aliphatic carbocycles. The van der Waals surface area contributed by atoms with E-state index >= 15 is 0 Å². The Morgan fingerprint density at radius 1 is 0.947 bits per heavy atom. The smallest absolute Gasteiger partial charge is 0.0113 e. The molecule has 0 spiro atoms. The molecule has 2 aliphatic heterocycles. The molecule has 0 saturated carbocycles. The first-order valence-electron chi connectivity index (χ1n) is 8.13. The lowest BCUT2D eigenvalue weighted by atomic mass is 10.1. The Morgan fingerprint density at radius 3 is 2.00 bits per heavy atom. The van der Waals surface area contributed by atoms with Crippen molar-refractivity contribution in [2.45, 2.75) is 45.2 Å². The van der Waals surface area contributed by atoms with E-state index in [1.807, 2.05) is 0 Å². The average Bonchev–Trinajstić information content (AvgIpc) is 2.46. The lowest BCUT2D eigenvalue weighted by Gasteiger charge is -2.39. The van der Waals surface area contributed by atoms with Crippen LogP contribution in [-0.4, -0.2) is 79.1 Å². The van der Waals surface area contributed by atoms with Crippen LogP contribution in [0.2, 0.25) is 0 Å². The summed E-state index contributed by atoms with van der Waals surface area (Å²) in [5.41, 5.74) is 5.95. The topological polar surface area (TPSA) is 35.7 Å². The van der Waals surface area contributed by atoms with Gasteiger partial charge in [0.1, 0.15) is 0 Å². The van der Waals surface area contributed by atoms with Gasteiger partial charge in [0.05, 0.1) is 0 Å². The fraction of sp³-hybridized carbons (Fsp3) is 1.00. The summed E-state index contributed by atoms with van der Waals surface area (Å²) in [6.07, 6.45) is 3.64. The third-order valence-corrected chi connectivity index (χ3v) is 4.99. The number of nitrogens with two attached hydrogens (primary N) is 1. The molecule has 1 atom stereocenters. The number of likely N-dealkylation sites (tertiary alicyclic amines) is 1. The van der Waals surface area contributed by atoms with E-state index in [4.69, 9.17) is 5.73 Å². The van der Waals surface area contributed by atoms with Crippen molar-refractivity contribution >= 4 is 0 Å². The van der Waals surface area contributed by atoms with E-state index in [0.29, 0.717) is 6.04 Å². The molecule has 19 heavy (non-hydrogen) atoms. The second-order valence-electron chi connectivity index (χ2n) is 6.31. The van der Waals surface area contributed by atoms with Gasteiger partial charge in [-0.05, 0) is 39.3 Å². The lowest BCUT2D eigenvalue weighted by Crippen LogP contribution is -2.51. The molecule has 0 aromatic rings. The summed E-state index contributed by atoms with van der Waals surface area (Å²) in [4.78, 5) is 7.86. The summed E-state index contributed by atoms with van der Waals surface area (Å²) >= 11 is 0. The Labute approximate surface area is 118 Å². The third-order valence-electron chi connectivity index (χ3n) is 4.99. The molecule has 4 heteroatoms. The first-order chi connectivity index (χ1) is 9.19. The maximum atomic E-state index is 5.95. The zero-order chi connectivity index (χ0) is 13.7. The van der Waals surface area contributed by atoms with E-state index in [0.717, 1.165) is 6.04 Å². The van der Waals surface area contributed by atoms with Crippen molar-refractivity contribution in [3.05, 3.63) is 0 Å². The standard InChI is InChI=1S/C15H32N4/c1-3-14(2)19-12-10-18(11-13-19)9-8-17-6-4-15(16)5-7-17/h14-15H,3-13,16H2,1-2H3. The number of hydrogen-bond donors (Lipinski definition) is 1. The van der Waals surface area contributed by atoms with Crippen LogP contribution in [0.1, 0.15) is 33.1 Å². The third kappa shape index (κ3) is 4.71. The summed E-state index contributed by atoms with van der Waals surface area (Å²) < 4.78 is 0. The zero-order valence-corrected chi connectivity index (χ0v) is 12.9. The number of piperazine rings is 1. The summed E-state index contributed by atoms with van der Waals surface area (Å²) in [6.45, 7) is 14.5. The fourth-order valence-electron chi connectivity index (χ4n) is 3.15. The summed E-state index contributed by atoms with van der Waals surface area (Å²) in [5.74, 6) is 0. The van der Waals surface area contributed by atoms with Gasteiger partial charge in [-0.1, -0.05) is 6.92 Å². The maximum absolute atomic E-state index is 5.95. The Morgan fingerprint density at radius 2 is 1.47 bits per heavy atom. The first-order valence-corrected chi connectivity index (χ1v) is 8.13. The van der Waals surface area contributed by atoms with E-state index in [1.165, 1.54) is 71.6 Å². The molecule has 0 bridgehead atoms. The first kappa shape index (κ1) is 15.2. The molecular formula is C15H32N4. The summed E-state index contributed by atoms with van der Waals surface area (Å²) in [5, 5.41) is 0. The van der Waals surface area contributed by atoms with Crippen LogP contribution in [0.15, 0.2) is 0 Å². The molecule has 0 amide bonds. The van der Waals surface area contributed by atoms with Crippen molar-refractivity contribution in [1.82, 2.24) is 14.7 Å². The molecular weight excluding hydrogens is 236 g/mol. The van der Waals surface area contributed by atoms with Crippen molar-refractivity contribution in [2.24, 2.45) is 5.73 Å². The van der Waals surface area contributed by atoms with Gasteiger partial charge >= 0.3 is 0 Å². The molecule has 112 valence electrons. The minimum absolute atomic E-state index is 0.454. The van der Waals surface area contributed by atoms with Crippen molar-refractivity contribution < 1.29 is 0 Å². The second kappa shape index (κ2) is 7.58. The van der Waals surface area contributed by atoms with E-state index in [-0.39, 0.29) is 0 Å². The van der Waals surface area contributed by atoms with Gasteiger partial charge in [-0.2, -0.15) is 0 Å². The predicted octanol–water partition coefficient (Wildman–Crippen LogP) is 0.826. The van der Waals surface area contributed by atoms with Crippen LogP contribution in [0.25, 0.3) is 0 Å². The number of hydrogen-bond acceptors (Lipinski definition) is 4. The van der Waals surface area contributed by atoms with Crippen molar-refractivity contribution in [1.29, 1.82) is 0 Å². The molecule has 0 aromatic carbocycles. The van der Waals surface area contributed by atoms with Crippen LogP contribution in [-0.2, 0) is 0 Å². The highest BCUT2D eigenvalue weighted by Gasteiger charge is 2.21. The summed E-state index contributed by atoms with van der Waals surface area (Å²) in [7, 11) is 0. The predicted molar refractivity (Wildman–Crippen MR) is 81.4 cm³/mol. The molecule has 2 heterocycles. The minimum Gasteiger partial charge on any atom is -0.328 e. The number of rotatable bonds is 5. The molecule has 0 radical (unpaired) electrons. The Kier molecular flexibility index (Phi) is 6.07. The molecule has 2 aliphatic rings. The largest absolute Gasteiger partial charge is 0.328 e. The molecule has 2 rings (SSSR count). The highest BCUT2D eigenvalue weighted by molar-refractivity contribution is 4.78. The van der Waals surface area contributed by atoms with Gasteiger partial charge in [0.15, 0.2) is 0 Å². The van der Waals surface area contributed by atoms with Gasteiger partial charge in [0, 0.05) is 51.4 Å². The monoisotopic (exact) mass is 268 g/mol. The molecule has 2 fully saturated rings. The average molecular weight is 268 g/mol. The van der Waals surface area contributed by atoms with E-state index < -0.39 is 0 Å². The normalized spacial score (nSPS) is 26.7. The highest BCUT2D eigenvalue weighted by Crippen LogP contribution is 2.10. The van der Waals surface area contributed by atoms with Gasteiger partial charge in [-0.3, -0.25) is 9.80 Å². The van der Waals surface area contributed by atoms with Crippen LogP contribution in [0.3, 0.4) is 0 Å². The Bertz CT molecular complexity index is 243. The fourth-order valence-corrected chi connectivity index (χ4v) is 3.15. The SMILES string of the molecule is CCC(C)N1CCN(CCN2CCC(N)CC2)CC1. The molecule has 4 nitrogen and oxygen atoms in total. The van der Waals surface area contributed by atoms with E-state index in [2.05, 4.69) is 28.5 Å².